The number of hydrogen-bond acceptors (Lipinski definition) is 4. The fourth-order valence-electron chi connectivity index (χ4n) is 3.59. The van der Waals surface area contributed by atoms with Gasteiger partial charge in [-0.1, -0.05) is 67.8 Å². The molecule has 0 unspecified atom stereocenters. The van der Waals surface area contributed by atoms with Crippen molar-refractivity contribution >= 4 is 15.7 Å². The van der Waals surface area contributed by atoms with Crippen LogP contribution in [0.4, 0.5) is 0 Å². The Balaban J connectivity index is 2.24. The summed E-state index contributed by atoms with van der Waals surface area (Å²) >= 11 is 0. The fraction of sp³-hybridized carbons (Fsp3) is 0.650. The van der Waals surface area contributed by atoms with Crippen molar-refractivity contribution in [2.45, 2.75) is 82.1 Å². The smallest absolute Gasteiger partial charge is 0.243 e. The number of oxime groups is 1. The molecule has 0 bridgehead atoms. The molecule has 0 aliphatic heterocycles. The van der Waals surface area contributed by atoms with Crippen LogP contribution in [-0.2, 0) is 10.0 Å². The van der Waals surface area contributed by atoms with Gasteiger partial charge in [0, 0.05) is 7.05 Å². The van der Waals surface area contributed by atoms with Gasteiger partial charge in [0.2, 0.25) is 10.0 Å². The van der Waals surface area contributed by atoms with Crippen molar-refractivity contribution in [3.05, 3.63) is 29.8 Å². The van der Waals surface area contributed by atoms with E-state index in [2.05, 4.69) is 5.16 Å². The van der Waals surface area contributed by atoms with E-state index in [0.717, 1.165) is 31.2 Å². The zero-order valence-corrected chi connectivity index (χ0v) is 16.8. The van der Waals surface area contributed by atoms with Gasteiger partial charge in [-0.15, -0.1) is 0 Å². The SMILES string of the molecule is Cc1ccc(S(=O)(=O)N(C)[C@@H]2CCCCCCCCCC/C2=N/O)cc1. The van der Waals surface area contributed by atoms with E-state index in [1.807, 2.05) is 19.1 Å². The van der Waals surface area contributed by atoms with Gasteiger partial charge in [-0.25, -0.2) is 8.42 Å². The van der Waals surface area contributed by atoms with E-state index in [1.165, 1.54) is 30.0 Å². The molecule has 1 aliphatic rings. The second-order valence-electron chi connectivity index (χ2n) is 7.31. The van der Waals surface area contributed by atoms with Gasteiger partial charge in [0.25, 0.3) is 0 Å². The average Bonchev–Trinajstić information content (AvgIpc) is 2.62. The number of nitrogens with zero attached hydrogens (tertiary/aromatic N) is 2. The average molecular weight is 381 g/mol. The molecule has 1 fully saturated rings. The van der Waals surface area contributed by atoms with Gasteiger partial charge < -0.3 is 5.21 Å². The summed E-state index contributed by atoms with van der Waals surface area (Å²) in [5.41, 5.74) is 1.61. The van der Waals surface area contributed by atoms with Crippen LogP contribution in [0.1, 0.15) is 69.8 Å². The Morgan fingerprint density at radius 2 is 1.50 bits per heavy atom. The Bertz CT molecular complexity index is 684. The Kier molecular flexibility index (Phi) is 8.10. The van der Waals surface area contributed by atoms with Gasteiger partial charge >= 0.3 is 0 Å². The van der Waals surface area contributed by atoms with Crippen molar-refractivity contribution < 1.29 is 13.6 Å². The highest BCUT2D eigenvalue weighted by atomic mass is 32.2. The van der Waals surface area contributed by atoms with Crippen LogP contribution < -0.4 is 0 Å². The topological polar surface area (TPSA) is 70.0 Å². The molecular weight excluding hydrogens is 348 g/mol. The lowest BCUT2D eigenvalue weighted by atomic mass is 9.96. The van der Waals surface area contributed by atoms with Crippen LogP contribution in [0.5, 0.6) is 0 Å². The molecule has 6 heteroatoms. The van der Waals surface area contributed by atoms with E-state index in [0.29, 0.717) is 18.6 Å². The maximum Gasteiger partial charge on any atom is 0.243 e. The maximum atomic E-state index is 13.1. The first-order chi connectivity index (χ1) is 12.5. The van der Waals surface area contributed by atoms with Crippen LogP contribution in [0.3, 0.4) is 0 Å². The summed E-state index contributed by atoms with van der Waals surface area (Å²) in [4.78, 5) is 0.286. The van der Waals surface area contributed by atoms with E-state index in [4.69, 9.17) is 0 Å². The monoisotopic (exact) mass is 380 g/mol. The van der Waals surface area contributed by atoms with Crippen molar-refractivity contribution in [3.63, 3.8) is 0 Å². The molecule has 5 nitrogen and oxygen atoms in total. The number of sulfonamides is 1. The summed E-state index contributed by atoms with van der Waals surface area (Å²) in [5.74, 6) is 0. The minimum Gasteiger partial charge on any atom is -0.411 e. The van der Waals surface area contributed by atoms with Crippen molar-refractivity contribution in [3.8, 4) is 0 Å². The van der Waals surface area contributed by atoms with Crippen molar-refractivity contribution in [2.24, 2.45) is 5.16 Å². The van der Waals surface area contributed by atoms with E-state index < -0.39 is 10.0 Å². The second-order valence-corrected chi connectivity index (χ2v) is 9.31. The Morgan fingerprint density at radius 1 is 0.962 bits per heavy atom. The first-order valence-corrected chi connectivity index (χ1v) is 11.2. The van der Waals surface area contributed by atoms with E-state index in [9.17, 15) is 13.6 Å². The third kappa shape index (κ3) is 5.55. The lowest BCUT2D eigenvalue weighted by Gasteiger charge is -2.28. The van der Waals surface area contributed by atoms with Gasteiger partial charge in [0.05, 0.1) is 16.6 Å². The quantitative estimate of drug-likeness (QED) is 0.609. The number of hydrogen-bond donors (Lipinski definition) is 1. The van der Waals surface area contributed by atoms with Gasteiger partial charge in [0.1, 0.15) is 0 Å². The third-order valence-electron chi connectivity index (χ3n) is 5.31. The third-order valence-corrected chi connectivity index (χ3v) is 7.19. The number of benzene rings is 1. The summed E-state index contributed by atoms with van der Waals surface area (Å²) in [6, 6.07) is 6.52. The molecule has 1 N–H and O–H groups in total. The molecule has 0 heterocycles. The van der Waals surface area contributed by atoms with Crippen LogP contribution in [-0.4, -0.2) is 36.7 Å². The molecule has 1 atom stereocenters. The molecule has 0 saturated heterocycles. The van der Waals surface area contributed by atoms with Gasteiger partial charge in [-0.3, -0.25) is 0 Å². The number of rotatable bonds is 3. The summed E-state index contributed by atoms with van der Waals surface area (Å²) < 4.78 is 27.5. The van der Waals surface area contributed by atoms with Crippen molar-refractivity contribution in [1.29, 1.82) is 0 Å². The predicted molar refractivity (Wildman–Crippen MR) is 105 cm³/mol. The van der Waals surface area contributed by atoms with Crippen molar-refractivity contribution in [2.75, 3.05) is 7.05 Å². The van der Waals surface area contributed by atoms with Gasteiger partial charge in [-0.2, -0.15) is 4.31 Å². The predicted octanol–water partition coefficient (Wildman–Crippen LogP) is 4.73. The van der Waals surface area contributed by atoms with Crippen molar-refractivity contribution in [1.82, 2.24) is 4.31 Å². The molecular formula is C20H32N2O3S. The van der Waals surface area contributed by atoms with Gasteiger partial charge in [-0.05, 0) is 38.3 Å². The summed E-state index contributed by atoms with van der Waals surface area (Å²) in [6.07, 6.45) is 10.3. The summed E-state index contributed by atoms with van der Waals surface area (Å²) in [6.45, 7) is 1.93. The van der Waals surface area contributed by atoms with Crippen LogP contribution in [0.25, 0.3) is 0 Å². The minimum absolute atomic E-state index is 0.286. The summed E-state index contributed by atoms with van der Waals surface area (Å²) in [7, 11) is -2.01. The molecule has 0 aromatic heterocycles. The molecule has 1 aromatic carbocycles. The first-order valence-electron chi connectivity index (χ1n) is 9.72. The standard InChI is InChI=1S/C20H32N2O3S/c1-17-13-15-18(16-14-17)26(24,25)22(2)20-12-10-8-6-4-3-5-7-9-11-19(20)21-23/h13-16,20,23H,3-12H2,1-2H3/b21-19-/t20-/m1/s1. The molecule has 0 radical (unpaired) electrons. The van der Waals surface area contributed by atoms with Gasteiger partial charge in [0.15, 0.2) is 0 Å². The molecule has 1 aliphatic carbocycles. The van der Waals surface area contributed by atoms with Crippen LogP contribution in [0.15, 0.2) is 34.3 Å². The largest absolute Gasteiger partial charge is 0.411 e. The minimum atomic E-state index is -3.62. The van der Waals surface area contributed by atoms with Crippen LogP contribution >= 0.6 is 0 Å². The molecule has 1 aromatic rings. The molecule has 1 saturated carbocycles. The number of aryl methyl sites for hydroxylation is 1. The normalized spacial score (nSPS) is 22.7. The second kappa shape index (κ2) is 10.1. The Hall–Kier alpha value is -1.40. The van der Waals surface area contributed by atoms with Crippen LogP contribution in [0, 0.1) is 6.92 Å². The highest BCUT2D eigenvalue weighted by Crippen LogP contribution is 2.24. The highest BCUT2D eigenvalue weighted by molar-refractivity contribution is 7.89. The molecule has 0 spiro atoms. The van der Waals surface area contributed by atoms with Crippen LogP contribution in [0.2, 0.25) is 0 Å². The molecule has 146 valence electrons. The molecule has 26 heavy (non-hydrogen) atoms. The maximum absolute atomic E-state index is 13.1. The fourth-order valence-corrected chi connectivity index (χ4v) is 4.96. The zero-order valence-electron chi connectivity index (χ0n) is 16.0. The van der Waals surface area contributed by atoms with E-state index >= 15 is 0 Å². The summed E-state index contributed by atoms with van der Waals surface area (Å²) in [5, 5.41) is 13.1. The Labute approximate surface area is 158 Å². The lowest BCUT2D eigenvalue weighted by molar-refractivity contribution is 0.305. The Morgan fingerprint density at radius 3 is 2.08 bits per heavy atom. The van der Waals surface area contributed by atoms with E-state index in [-0.39, 0.29) is 10.9 Å². The molecule has 0 amide bonds. The van der Waals surface area contributed by atoms with E-state index in [1.54, 1.807) is 19.2 Å². The highest BCUT2D eigenvalue weighted by Gasteiger charge is 2.31. The zero-order chi connectivity index (χ0) is 19.0. The first kappa shape index (κ1) is 20.9. The lowest BCUT2D eigenvalue weighted by Crippen LogP contribution is -2.42. The molecule has 2 rings (SSSR count).